The number of rotatable bonds is 17. The molecule has 0 aromatic rings. The van der Waals surface area contributed by atoms with Gasteiger partial charge in [-0.2, -0.15) is 0 Å². The largest absolute Gasteiger partial charge is 0.394 e. The Morgan fingerprint density at radius 3 is 2.00 bits per heavy atom. The fourth-order valence-corrected chi connectivity index (χ4v) is 3.57. The lowest BCUT2D eigenvalue weighted by atomic mass is 10.0. The molecule has 1 fully saturated rings. The maximum absolute atomic E-state index is 9.99. The van der Waals surface area contributed by atoms with E-state index >= 15 is 0 Å². The molecule has 1 aliphatic rings. The Balaban J connectivity index is 1.87. The standard InChI is InChI=1S/C23H44O5/c1-2-3-4-5-6-7-8-9-10-11-12-13-14-15-16-17-27-21-19-28-20(18-24)22(25)23(21)26/h11-12,20-26H,2-10,13-19H2,1H3/b12-11+/t20-,21+,22-,23-/m1/s1. The van der Waals surface area contributed by atoms with Crippen molar-refractivity contribution < 1.29 is 24.8 Å². The van der Waals surface area contributed by atoms with Crippen LogP contribution in [0.15, 0.2) is 12.2 Å². The molecule has 28 heavy (non-hydrogen) atoms. The Morgan fingerprint density at radius 1 is 0.821 bits per heavy atom. The van der Waals surface area contributed by atoms with E-state index in [1.807, 2.05) is 0 Å². The lowest BCUT2D eigenvalue weighted by Gasteiger charge is -2.36. The van der Waals surface area contributed by atoms with Crippen molar-refractivity contribution in [1.29, 1.82) is 0 Å². The van der Waals surface area contributed by atoms with Crippen LogP contribution in [0, 0.1) is 0 Å². The molecule has 5 nitrogen and oxygen atoms in total. The third kappa shape index (κ3) is 11.5. The molecule has 0 aliphatic carbocycles. The molecule has 0 aromatic carbocycles. The summed E-state index contributed by atoms with van der Waals surface area (Å²) in [6.45, 7) is 2.74. The third-order valence-electron chi connectivity index (χ3n) is 5.50. The summed E-state index contributed by atoms with van der Waals surface area (Å²) in [5.74, 6) is 0. The average Bonchev–Trinajstić information content (AvgIpc) is 2.70. The van der Waals surface area contributed by atoms with Crippen molar-refractivity contribution in [3.8, 4) is 0 Å². The smallest absolute Gasteiger partial charge is 0.111 e. The minimum absolute atomic E-state index is 0.213. The fourth-order valence-electron chi connectivity index (χ4n) is 3.57. The number of allylic oxidation sites excluding steroid dienone is 2. The van der Waals surface area contributed by atoms with E-state index < -0.39 is 24.4 Å². The number of hydrogen-bond acceptors (Lipinski definition) is 5. The zero-order chi connectivity index (χ0) is 20.5. The van der Waals surface area contributed by atoms with E-state index in [0.29, 0.717) is 6.61 Å². The maximum atomic E-state index is 9.99. The Labute approximate surface area is 172 Å². The van der Waals surface area contributed by atoms with Gasteiger partial charge in [0.25, 0.3) is 0 Å². The Morgan fingerprint density at radius 2 is 1.39 bits per heavy atom. The van der Waals surface area contributed by atoms with E-state index in [1.54, 1.807) is 0 Å². The molecule has 0 aromatic heterocycles. The Bertz CT molecular complexity index is 374. The van der Waals surface area contributed by atoms with Crippen LogP contribution in [0.4, 0.5) is 0 Å². The summed E-state index contributed by atoms with van der Waals surface area (Å²) in [5.41, 5.74) is 0. The lowest BCUT2D eigenvalue weighted by molar-refractivity contribution is -0.208. The molecule has 0 bridgehead atoms. The van der Waals surface area contributed by atoms with E-state index in [-0.39, 0.29) is 13.2 Å². The van der Waals surface area contributed by atoms with Crippen molar-refractivity contribution >= 4 is 0 Å². The summed E-state index contributed by atoms with van der Waals surface area (Å²) in [5, 5.41) is 28.9. The topological polar surface area (TPSA) is 79.2 Å². The first kappa shape index (κ1) is 25.6. The highest BCUT2D eigenvalue weighted by Crippen LogP contribution is 2.18. The molecule has 1 saturated heterocycles. The monoisotopic (exact) mass is 400 g/mol. The van der Waals surface area contributed by atoms with Crippen LogP contribution in [-0.2, 0) is 9.47 Å². The van der Waals surface area contributed by atoms with E-state index in [4.69, 9.17) is 14.6 Å². The quantitative estimate of drug-likeness (QED) is 0.253. The SMILES string of the molecule is CCCCCCCCCC/C=C/CCCCCO[C@H]1CO[C@H](CO)[C@@H](O)[C@@H]1O. The first-order chi connectivity index (χ1) is 13.7. The van der Waals surface area contributed by atoms with Crippen molar-refractivity contribution in [2.24, 2.45) is 0 Å². The molecule has 0 unspecified atom stereocenters. The van der Waals surface area contributed by atoms with Gasteiger partial charge in [-0.1, -0.05) is 70.4 Å². The van der Waals surface area contributed by atoms with Gasteiger partial charge in [-0.3, -0.25) is 0 Å². The van der Waals surface area contributed by atoms with Crippen molar-refractivity contribution in [3.05, 3.63) is 12.2 Å². The highest BCUT2D eigenvalue weighted by Gasteiger charge is 2.38. The second kappa shape index (κ2) is 17.4. The molecule has 0 radical (unpaired) electrons. The molecule has 0 spiro atoms. The second-order valence-electron chi connectivity index (χ2n) is 8.03. The van der Waals surface area contributed by atoms with Crippen molar-refractivity contribution in [3.63, 3.8) is 0 Å². The van der Waals surface area contributed by atoms with Gasteiger partial charge in [0.15, 0.2) is 0 Å². The van der Waals surface area contributed by atoms with Gasteiger partial charge in [-0.05, 0) is 32.1 Å². The number of aliphatic hydroxyl groups excluding tert-OH is 3. The van der Waals surface area contributed by atoms with Gasteiger partial charge in [0.2, 0.25) is 0 Å². The van der Waals surface area contributed by atoms with Gasteiger partial charge in [-0.25, -0.2) is 0 Å². The van der Waals surface area contributed by atoms with Crippen LogP contribution >= 0.6 is 0 Å². The van der Waals surface area contributed by atoms with Gasteiger partial charge in [0.1, 0.15) is 24.4 Å². The zero-order valence-corrected chi connectivity index (χ0v) is 17.9. The number of aliphatic hydroxyl groups is 3. The summed E-state index contributed by atoms with van der Waals surface area (Å²) >= 11 is 0. The predicted octanol–water partition coefficient (Wildman–Crippen LogP) is 4.13. The van der Waals surface area contributed by atoms with E-state index in [1.165, 1.54) is 57.8 Å². The number of unbranched alkanes of at least 4 members (excludes halogenated alkanes) is 11. The van der Waals surface area contributed by atoms with E-state index in [9.17, 15) is 10.2 Å². The second-order valence-corrected chi connectivity index (χ2v) is 8.03. The molecule has 0 amide bonds. The van der Waals surface area contributed by atoms with Crippen LogP contribution in [-0.4, -0.2) is 59.6 Å². The molecule has 1 rings (SSSR count). The van der Waals surface area contributed by atoms with Gasteiger partial charge in [0.05, 0.1) is 13.2 Å². The fraction of sp³-hybridized carbons (Fsp3) is 0.913. The molecule has 4 atom stereocenters. The zero-order valence-electron chi connectivity index (χ0n) is 17.9. The van der Waals surface area contributed by atoms with Crippen LogP contribution in [0.1, 0.15) is 90.4 Å². The molecule has 1 aliphatic heterocycles. The minimum Gasteiger partial charge on any atom is -0.394 e. The molecule has 0 saturated carbocycles. The Kier molecular flexibility index (Phi) is 15.9. The summed E-state index contributed by atoms with van der Waals surface area (Å²) in [6.07, 6.45) is 17.8. The molecule has 5 heteroatoms. The first-order valence-corrected chi connectivity index (χ1v) is 11.6. The minimum atomic E-state index is -1.09. The molecule has 1 heterocycles. The molecule has 3 N–H and O–H groups in total. The first-order valence-electron chi connectivity index (χ1n) is 11.6. The highest BCUT2D eigenvalue weighted by atomic mass is 16.6. The van der Waals surface area contributed by atoms with Crippen LogP contribution in [0.3, 0.4) is 0 Å². The molecule has 166 valence electrons. The molecular formula is C23H44O5. The van der Waals surface area contributed by atoms with Crippen LogP contribution in [0.25, 0.3) is 0 Å². The van der Waals surface area contributed by atoms with Gasteiger partial charge in [0, 0.05) is 6.61 Å². The normalized spacial score (nSPS) is 25.6. The van der Waals surface area contributed by atoms with Crippen molar-refractivity contribution in [2.45, 2.75) is 115 Å². The summed E-state index contributed by atoms with van der Waals surface area (Å²) < 4.78 is 10.9. The molecular weight excluding hydrogens is 356 g/mol. The van der Waals surface area contributed by atoms with Gasteiger partial charge in [-0.15, -0.1) is 0 Å². The number of hydrogen-bond donors (Lipinski definition) is 3. The Hall–Kier alpha value is -0.460. The van der Waals surface area contributed by atoms with Crippen molar-refractivity contribution in [1.82, 2.24) is 0 Å². The summed E-state index contributed by atoms with van der Waals surface area (Å²) in [4.78, 5) is 0. The maximum Gasteiger partial charge on any atom is 0.111 e. The highest BCUT2D eigenvalue weighted by molar-refractivity contribution is 4.87. The van der Waals surface area contributed by atoms with Crippen molar-refractivity contribution in [2.75, 3.05) is 19.8 Å². The van der Waals surface area contributed by atoms with Crippen LogP contribution in [0.5, 0.6) is 0 Å². The number of ether oxygens (including phenoxy) is 2. The predicted molar refractivity (Wildman–Crippen MR) is 113 cm³/mol. The van der Waals surface area contributed by atoms with E-state index in [2.05, 4.69) is 19.1 Å². The van der Waals surface area contributed by atoms with Crippen LogP contribution < -0.4 is 0 Å². The average molecular weight is 401 g/mol. The van der Waals surface area contributed by atoms with Crippen LogP contribution in [0.2, 0.25) is 0 Å². The van der Waals surface area contributed by atoms with Gasteiger partial charge < -0.3 is 24.8 Å². The summed E-state index contributed by atoms with van der Waals surface area (Å²) in [6, 6.07) is 0. The lowest BCUT2D eigenvalue weighted by Crippen LogP contribution is -2.55. The summed E-state index contributed by atoms with van der Waals surface area (Å²) in [7, 11) is 0. The van der Waals surface area contributed by atoms with Gasteiger partial charge >= 0.3 is 0 Å². The van der Waals surface area contributed by atoms with E-state index in [0.717, 1.165) is 25.7 Å². The third-order valence-corrected chi connectivity index (χ3v) is 5.50.